The number of anilines is 1. The Balaban J connectivity index is 0.00000133. The lowest BCUT2D eigenvalue weighted by atomic mass is 10.0. The molecular formula is C13H15Cl2N3O. The normalized spacial score (nSPS) is 19.0. The van der Waals surface area contributed by atoms with Gasteiger partial charge < -0.3 is 9.64 Å². The Morgan fingerprint density at radius 1 is 1.32 bits per heavy atom. The van der Waals surface area contributed by atoms with Gasteiger partial charge in [0.15, 0.2) is 5.82 Å². The fourth-order valence-electron chi connectivity index (χ4n) is 2.29. The van der Waals surface area contributed by atoms with E-state index < -0.39 is 0 Å². The van der Waals surface area contributed by atoms with Crippen molar-refractivity contribution >= 4 is 29.8 Å². The monoisotopic (exact) mass is 299 g/mol. The first-order chi connectivity index (χ1) is 8.86. The van der Waals surface area contributed by atoms with Gasteiger partial charge in [0.2, 0.25) is 0 Å². The van der Waals surface area contributed by atoms with Gasteiger partial charge in [0.1, 0.15) is 0 Å². The summed E-state index contributed by atoms with van der Waals surface area (Å²) in [6, 6.07) is 9.98. The standard InChI is InChI=1S/C13H14ClN3O.ClH/c14-11-4-2-1-3-10(11)12-9-18-8-7-17(12)13-5-6-15-16-13;/h1-6,12H,7-9H2,(H,15,16);1H. The first-order valence-electron chi connectivity index (χ1n) is 5.95. The molecular weight excluding hydrogens is 285 g/mol. The van der Waals surface area contributed by atoms with E-state index in [4.69, 9.17) is 16.3 Å². The second-order valence-electron chi connectivity index (χ2n) is 4.24. The van der Waals surface area contributed by atoms with Gasteiger partial charge in [-0.05, 0) is 11.6 Å². The third-order valence-electron chi connectivity index (χ3n) is 3.17. The minimum Gasteiger partial charge on any atom is -0.377 e. The second kappa shape index (κ2) is 6.28. The van der Waals surface area contributed by atoms with E-state index in [0.717, 1.165) is 22.9 Å². The Morgan fingerprint density at radius 3 is 2.89 bits per heavy atom. The molecule has 0 amide bonds. The van der Waals surface area contributed by atoms with Gasteiger partial charge in [-0.1, -0.05) is 29.8 Å². The summed E-state index contributed by atoms with van der Waals surface area (Å²) in [5, 5.41) is 7.87. The van der Waals surface area contributed by atoms with Crippen molar-refractivity contribution in [1.29, 1.82) is 0 Å². The van der Waals surface area contributed by atoms with Crippen LogP contribution in [0.2, 0.25) is 5.02 Å². The second-order valence-corrected chi connectivity index (χ2v) is 4.65. The molecule has 1 aromatic heterocycles. The number of hydrogen-bond donors (Lipinski definition) is 1. The van der Waals surface area contributed by atoms with Crippen molar-refractivity contribution in [3.8, 4) is 0 Å². The summed E-state index contributed by atoms with van der Waals surface area (Å²) in [6.45, 7) is 2.17. The largest absolute Gasteiger partial charge is 0.377 e. The van der Waals surface area contributed by atoms with Crippen molar-refractivity contribution in [3.05, 3.63) is 47.1 Å². The fraction of sp³-hybridized carbons (Fsp3) is 0.308. The maximum atomic E-state index is 6.27. The molecule has 1 N–H and O–H groups in total. The molecule has 0 aliphatic carbocycles. The number of halogens is 2. The maximum absolute atomic E-state index is 6.27. The van der Waals surface area contributed by atoms with Crippen molar-refractivity contribution in [3.63, 3.8) is 0 Å². The highest BCUT2D eigenvalue weighted by Gasteiger charge is 2.27. The van der Waals surface area contributed by atoms with Gasteiger partial charge in [-0.2, -0.15) is 5.10 Å². The minimum atomic E-state index is 0. The van der Waals surface area contributed by atoms with Crippen LogP contribution in [0.15, 0.2) is 36.5 Å². The van der Waals surface area contributed by atoms with Crippen molar-refractivity contribution in [1.82, 2.24) is 10.2 Å². The molecule has 102 valence electrons. The Hall–Kier alpha value is -1.23. The lowest BCUT2D eigenvalue weighted by Gasteiger charge is -2.36. The fourth-order valence-corrected chi connectivity index (χ4v) is 2.56. The first-order valence-corrected chi connectivity index (χ1v) is 6.32. The van der Waals surface area contributed by atoms with Crippen LogP contribution >= 0.6 is 24.0 Å². The number of nitrogens with one attached hydrogen (secondary N) is 1. The maximum Gasteiger partial charge on any atom is 0.150 e. The molecule has 1 aliphatic heterocycles. The first kappa shape index (κ1) is 14.2. The summed E-state index contributed by atoms with van der Waals surface area (Å²) in [5.74, 6) is 0.934. The average molecular weight is 300 g/mol. The zero-order chi connectivity index (χ0) is 12.4. The summed E-state index contributed by atoms with van der Waals surface area (Å²) in [6.07, 6.45) is 1.83. The highest BCUT2D eigenvalue weighted by Crippen LogP contribution is 2.32. The molecule has 1 fully saturated rings. The molecule has 1 saturated heterocycles. The van der Waals surface area contributed by atoms with E-state index in [2.05, 4.69) is 15.1 Å². The van der Waals surface area contributed by atoms with E-state index in [1.165, 1.54) is 0 Å². The van der Waals surface area contributed by atoms with Crippen LogP contribution in [0, 0.1) is 0 Å². The van der Waals surface area contributed by atoms with Crippen molar-refractivity contribution in [2.24, 2.45) is 0 Å². The zero-order valence-electron chi connectivity index (χ0n) is 10.3. The minimum absolute atomic E-state index is 0. The molecule has 1 aromatic carbocycles. The van der Waals surface area contributed by atoms with E-state index in [9.17, 15) is 0 Å². The van der Waals surface area contributed by atoms with Crippen LogP contribution in [0.25, 0.3) is 0 Å². The van der Waals surface area contributed by atoms with Crippen LogP contribution in [0.4, 0.5) is 5.82 Å². The van der Waals surface area contributed by atoms with Gasteiger partial charge in [0.05, 0.1) is 19.3 Å². The molecule has 0 radical (unpaired) electrons. The van der Waals surface area contributed by atoms with E-state index in [-0.39, 0.29) is 18.4 Å². The molecule has 2 aromatic rings. The Morgan fingerprint density at radius 2 is 2.16 bits per heavy atom. The van der Waals surface area contributed by atoms with Crippen LogP contribution in [-0.4, -0.2) is 30.0 Å². The van der Waals surface area contributed by atoms with Crippen LogP contribution < -0.4 is 4.90 Å². The summed E-state index contributed by atoms with van der Waals surface area (Å²) in [5.41, 5.74) is 1.09. The average Bonchev–Trinajstić information content (AvgIpc) is 2.93. The molecule has 19 heavy (non-hydrogen) atoms. The van der Waals surface area contributed by atoms with Gasteiger partial charge in [0, 0.05) is 23.8 Å². The van der Waals surface area contributed by atoms with Gasteiger partial charge >= 0.3 is 0 Å². The van der Waals surface area contributed by atoms with Crippen molar-refractivity contribution in [2.45, 2.75) is 6.04 Å². The number of H-pyrrole nitrogens is 1. The quantitative estimate of drug-likeness (QED) is 0.926. The van der Waals surface area contributed by atoms with Gasteiger partial charge in [-0.15, -0.1) is 12.4 Å². The molecule has 0 saturated carbocycles. The molecule has 0 bridgehead atoms. The molecule has 2 heterocycles. The number of hydrogen-bond acceptors (Lipinski definition) is 3. The third-order valence-corrected chi connectivity index (χ3v) is 3.52. The summed E-state index contributed by atoms with van der Waals surface area (Å²) in [4.78, 5) is 2.22. The van der Waals surface area contributed by atoms with Gasteiger partial charge in [-0.3, -0.25) is 5.10 Å². The van der Waals surface area contributed by atoms with Gasteiger partial charge in [-0.25, -0.2) is 0 Å². The summed E-state index contributed by atoms with van der Waals surface area (Å²) >= 11 is 6.27. The van der Waals surface area contributed by atoms with E-state index >= 15 is 0 Å². The van der Waals surface area contributed by atoms with Crippen LogP contribution in [0.1, 0.15) is 11.6 Å². The predicted molar refractivity (Wildman–Crippen MR) is 78.2 cm³/mol. The predicted octanol–water partition coefficient (Wildman–Crippen LogP) is 3.06. The van der Waals surface area contributed by atoms with Crippen molar-refractivity contribution < 1.29 is 4.74 Å². The highest BCUT2D eigenvalue weighted by molar-refractivity contribution is 6.31. The lowest BCUT2D eigenvalue weighted by molar-refractivity contribution is 0.0937. The van der Waals surface area contributed by atoms with Crippen LogP contribution in [-0.2, 0) is 4.74 Å². The SMILES string of the molecule is Cl.Clc1ccccc1C1COCCN1c1cc[nH]n1. The van der Waals surface area contributed by atoms with Gasteiger partial charge in [0.25, 0.3) is 0 Å². The Bertz CT molecular complexity index is 518. The molecule has 1 unspecified atom stereocenters. The number of ether oxygens (including phenoxy) is 1. The Kier molecular flexibility index (Phi) is 4.69. The highest BCUT2D eigenvalue weighted by atomic mass is 35.5. The Labute approximate surface area is 123 Å². The van der Waals surface area contributed by atoms with Crippen LogP contribution in [0.5, 0.6) is 0 Å². The number of nitrogens with zero attached hydrogens (tertiary/aromatic N) is 2. The van der Waals surface area contributed by atoms with Crippen LogP contribution in [0.3, 0.4) is 0 Å². The topological polar surface area (TPSA) is 41.1 Å². The number of aromatic nitrogens is 2. The van der Waals surface area contributed by atoms with E-state index in [1.807, 2.05) is 36.5 Å². The molecule has 1 atom stereocenters. The summed E-state index contributed by atoms with van der Waals surface area (Å²) < 4.78 is 5.58. The molecule has 1 aliphatic rings. The number of aromatic amines is 1. The van der Waals surface area contributed by atoms with Crippen molar-refractivity contribution in [2.75, 3.05) is 24.7 Å². The molecule has 4 nitrogen and oxygen atoms in total. The molecule has 0 spiro atoms. The number of rotatable bonds is 2. The van der Waals surface area contributed by atoms with E-state index in [1.54, 1.807) is 0 Å². The molecule has 3 rings (SSSR count). The summed E-state index contributed by atoms with van der Waals surface area (Å²) in [7, 11) is 0. The lowest BCUT2D eigenvalue weighted by Crippen LogP contribution is -2.40. The third kappa shape index (κ3) is 2.86. The zero-order valence-corrected chi connectivity index (χ0v) is 11.8. The number of morpholine rings is 1. The molecule has 6 heteroatoms. The smallest absolute Gasteiger partial charge is 0.150 e. The van der Waals surface area contributed by atoms with E-state index in [0.29, 0.717) is 13.2 Å². The number of benzene rings is 1.